The molecule has 1 heterocycles. The van der Waals surface area contributed by atoms with Gasteiger partial charge in [0.1, 0.15) is 0 Å². The van der Waals surface area contributed by atoms with Crippen molar-refractivity contribution < 1.29 is 14.8 Å². The normalized spacial score (nSPS) is 10.8. The number of H-pyrrole nitrogens is 1. The summed E-state index contributed by atoms with van der Waals surface area (Å²) in [5.41, 5.74) is 5.17. The maximum Gasteiger partial charge on any atom is 0.243 e. The second-order valence-corrected chi connectivity index (χ2v) is 6.32. The van der Waals surface area contributed by atoms with Gasteiger partial charge in [0.25, 0.3) is 0 Å². The molecule has 0 bridgehead atoms. The summed E-state index contributed by atoms with van der Waals surface area (Å²) in [6.07, 6.45) is 5.00. The first kappa shape index (κ1) is 19.0. The molecular formula is C19H27N3O3. The third kappa shape index (κ3) is 5.90. The Hall–Kier alpha value is -2.34. The number of unbranched alkanes of at least 4 members (excludes halogenated alkanes) is 3. The maximum absolute atomic E-state index is 11.9. The molecule has 0 spiro atoms. The Balaban J connectivity index is 1.62. The highest BCUT2D eigenvalue weighted by Crippen LogP contribution is 2.21. The number of carbonyl (C=O) groups excluding carboxylic acids is 2. The minimum Gasteiger partial charge on any atom is -0.358 e. The topological polar surface area (TPSA) is 94.2 Å². The van der Waals surface area contributed by atoms with Gasteiger partial charge in [-0.15, -0.1) is 0 Å². The number of para-hydroxylation sites is 1. The Kier molecular flexibility index (Phi) is 7.47. The lowest BCUT2D eigenvalue weighted by Gasteiger charge is -2.06. The van der Waals surface area contributed by atoms with E-state index in [9.17, 15) is 9.59 Å². The number of aryl methyl sites for hydroxylation is 1. The number of aromatic nitrogens is 1. The average molecular weight is 345 g/mol. The summed E-state index contributed by atoms with van der Waals surface area (Å²) in [5.74, 6) is -0.282. The van der Waals surface area contributed by atoms with E-state index in [4.69, 9.17) is 5.21 Å². The molecule has 2 rings (SSSR count). The summed E-state index contributed by atoms with van der Waals surface area (Å²) < 4.78 is 0. The van der Waals surface area contributed by atoms with Gasteiger partial charge in [-0.25, -0.2) is 5.48 Å². The highest BCUT2D eigenvalue weighted by molar-refractivity contribution is 5.84. The molecule has 0 fully saturated rings. The minimum atomic E-state index is -0.356. The summed E-state index contributed by atoms with van der Waals surface area (Å²) in [6.45, 7) is 2.70. The molecule has 6 heteroatoms. The van der Waals surface area contributed by atoms with Crippen LogP contribution in [0.1, 0.15) is 49.8 Å². The van der Waals surface area contributed by atoms with Crippen LogP contribution >= 0.6 is 0 Å². The van der Waals surface area contributed by atoms with Crippen molar-refractivity contribution in [3.05, 3.63) is 35.5 Å². The van der Waals surface area contributed by atoms with Crippen molar-refractivity contribution >= 4 is 22.7 Å². The summed E-state index contributed by atoms with van der Waals surface area (Å²) in [5, 5.41) is 12.6. The molecule has 1 aromatic carbocycles. The van der Waals surface area contributed by atoms with E-state index in [1.165, 1.54) is 10.9 Å². The molecule has 2 aromatic rings. The van der Waals surface area contributed by atoms with Gasteiger partial charge < -0.3 is 10.3 Å². The van der Waals surface area contributed by atoms with Crippen LogP contribution in [0.25, 0.3) is 10.9 Å². The molecule has 0 aliphatic rings. The molecule has 0 aliphatic carbocycles. The third-order valence-electron chi connectivity index (χ3n) is 4.41. The van der Waals surface area contributed by atoms with Gasteiger partial charge in [0, 0.05) is 36.0 Å². The summed E-state index contributed by atoms with van der Waals surface area (Å²) in [7, 11) is 0. The van der Waals surface area contributed by atoms with Crippen molar-refractivity contribution in [2.45, 2.75) is 51.9 Å². The zero-order valence-electron chi connectivity index (χ0n) is 14.7. The van der Waals surface area contributed by atoms with Crippen LogP contribution in [0.15, 0.2) is 24.3 Å². The Morgan fingerprint density at radius 1 is 1.04 bits per heavy atom. The van der Waals surface area contributed by atoms with E-state index in [1.807, 2.05) is 12.1 Å². The lowest BCUT2D eigenvalue weighted by atomic mass is 10.1. The second-order valence-electron chi connectivity index (χ2n) is 6.32. The number of amides is 2. The van der Waals surface area contributed by atoms with Gasteiger partial charge >= 0.3 is 0 Å². The molecule has 1 aromatic heterocycles. The Morgan fingerprint density at radius 3 is 2.44 bits per heavy atom. The van der Waals surface area contributed by atoms with Gasteiger partial charge in [-0.3, -0.25) is 14.8 Å². The summed E-state index contributed by atoms with van der Waals surface area (Å²) >= 11 is 0. The van der Waals surface area contributed by atoms with Crippen molar-refractivity contribution in [1.82, 2.24) is 15.8 Å². The van der Waals surface area contributed by atoms with Crippen molar-refractivity contribution in [2.75, 3.05) is 6.54 Å². The first-order chi connectivity index (χ1) is 12.1. The van der Waals surface area contributed by atoms with Crippen LogP contribution in [-0.2, 0) is 16.0 Å². The number of hydrogen-bond donors (Lipinski definition) is 4. The van der Waals surface area contributed by atoms with E-state index in [-0.39, 0.29) is 11.8 Å². The Labute approximate surface area is 148 Å². The number of rotatable bonds is 10. The van der Waals surface area contributed by atoms with E-state index in [0.29, 0.717) is 19.4 Å². The fourth-order valence-electron chi connectivity index (χ4n) is 3.05. The molecule has 2 amide bonds. The standard InChI is InChI=1S/C19H27N3O3/c1-14-15(16-8-6-7-9-17(16)21-14)12-13-20-18(23)10-4-2-3-5-11-19(24)22-25/h6-9,21,25H,2-5,10-13H2,1H3,(H,20,23)(H,22,24). The van der Waals surface area contributed by atoms with Crippen LogP contribution in [0, 0.1) is 6.92 Å². The van der Waals surface area contributed by atoms with Crippen molar-refractivity contribution in [3.8, 4) is 0 Å². The van der Waals surface area contributed by atoms with Gasteiger partial charge in [-0.2, -0.15) is 0 Å². The highest BCUT2D eigenvalue weighted by Gasteiger charge is 2.08. The van der Waals surface area contributed by atoms with Crippen LogP contribution in [0.4, 0.5) is 0 Å². The lowest BCUT2D eigenvalue weighted by molar-refractivity contribution is -0.129. The largest absolute Gasteiger partial charge is 0.358 e. The first-order valence-electron chi connectivity index (χ1n) is 8.87. The number of fused-ring (bicyclic) bond motifs is 1. The number of benzene rings is 1. The molecule has 0 saturated carbocycles. The first-order valence-corrected chi connectivity index (χ1v) is 8.87. The minimum absolute atomic E-state index is 0.0746. The zero-order valence-corrected chi connectivity index (χ0v) is 14.7. The molecular weight excluding hydrogens is 318 g/mol. The maximum atomic E-state index is 11.9. The van der Waals surface area contributed by atoms with Gasteiger partial charge in [0.15, 0.2) is 0 Å². The van der Waals surface area contributed by atoms with Crippen LogP contribution < -0.4 is 10.8 Å². The number of carbonyl (C=O) groups is 2. The van der Waals surface area contributed by atoms with Gasteiger partial charge in [0.05, 0.1) is 0 Å². The molecule has 0 aliphatic heterocycles. The quantitative estimate of drug-likeness (QED) is 0.303. The zero-order chi connectivity index (χ0) is 18.1. The molecule has 4 N–H and O–H groups in total. The summed E-state index contributed by atoms with van der Waals surface area (Å²) in [4.78, 5) is 26.1. The van der Waals surface area contributed by atoms with Crippen LogP contribution in [0.2, 0.25) is 0 Å². The van der Waals surface area contributed by atoms with Gasteiger partial charge in [0.2, 0.25) is 11.8 Å². The van der Waals surface area contributed by atoms with Crippen molar-refractivity contribution in [2.24, 2.45) is 0 Å². The monoisotopic (exact) mass is 345 g/mol. The Bertz CT molecular complexity index is 709. The van der Waals surface area contributed by atoms with E-state index >= 15 is 0 Å². The molecule has 136 valence electrons. The lowest BCUT2D eigenvalue weighted by Crippen LogP contribution is -2.25. The molecule has 0 saturated heterocycles. The molecule has 25 heavy (non-hydrogen) atoms. The fourth-order valence-corrected chi connectivity index (χ4v) is 3.05. The second kappa shape index (κ2) is 9.84. The highest BCUT2D eigenvalue weighted by atomic mass is 16.5. The fraction of sp³-hybridized carbons (Fsp3) is 0.474. The SMILES string of the molecule is Cc1[nH]c2ccccc2c1CCNC(=O)CCCCCCC(=O)NO. The van der Waals surface area contributed by atoms with Crippen molar-refractivity contribution in [1.29, 1.82) is 0 Å². The smallest absolute Gasteiger partial charge is 0.243 e. The predicted molar refractivity (Wildman–Crippen MR) is 97.4 cm³/mol. The molecule has 0 radical (unpaired) electrons. The number of aromatic amines is 1. The number of hydroxylamine groups is 1. The molecule has 0 unspecified atom stereocenters. The number of nitrogens with one attached hydrogen (secondary N) is 3. The molecule has 0 atom stereocenters. The molecule has 6 nitrogen and oxygen atoms in total. The van der Waals surface area contributed by atoms with Gasteiger partial charge in [-0.1, -0.05) is 31.0 Å². The summed E-state index contributed by atoms with van der Waals surface area (Å²) in [6, 6.07) is 8.21. The van der Waals surface area contributed by atoms with Crippen LogP contribution in [-0.4, -0.2) is 28.6 Å². The van der Waals surface area contributed by atoms with E-state index in [1.54, 1.807) is 5.48 Å². The van der Waals surface area contributed by atoms with Crippen molar-refractivity contribution in [3.63, 3.8) is 0 Å². The Morgan fingerprint density at radius 2 is 1.72 bits per heavy atom. The third-order valence-corrected chi connectivity index (χ3v) is 4.41. The van der Waals surface area contributed by atoms with Gasteiger partial charge in [-0.05, 0) is 37.8 Å². The number of hydrogen-bond acceptors (Lipinski definition) is 3. The predicted octanol–water partition coefficient (Wildman–Crippen LogP) is 2.98. The van der Waals surface area contributed by atoms with E-state index < -0.39 is 0 Å². The van der Waals surface area contributed by atoms with E-state index in [0.717, 1.165) is 43.3 Å². The average Bonchev–Trinajstić information content (AvgIpc) is 2.93. The van der Waals surface area contributed by atoms with Crippen LogP contribution in [0.3, 0.4) is 0 Å². The van der Waals surface area contributed by atoms with E-state index in [2.05, 4.69) is 29.4 Å². The van der Waals surface area contributed by atoms with Crippen LogP contribution in [0.5, 0.6) is 0 Å².